The quantitative estimate of drug-likeness (QED) is 0.182. The third-order valence-corrected chi connectivity index (χ3v) is 9.15. The lowest BCUT2D eigenvalue weighted by atomic mass is 9.98. The number of hydrogen-bond acceptors (Lipinski definition) is 0. The van der Waals surface area contributed by atoms with E-state index in [1.54, 1.807) is 0 Å². The van der Waals surface area contributed by atoms with Crippen molar-refractivity contribution in [1.29, 1.82) is 0 Å². The summed E-state index contributed by atoms with van der Waals surface area (Å²) in [7, 11) is 0. The Hall–Kier alpha value is -6.37. The Morgan fingerprint density at radius 1 is 0.391 bits per heavy atom. The first-order chi connectivity index (χ1) is 22.8. The molecular formula is C43H27N3. The molecule has 3 nitrogen and oxygen atoms in total. The van der Waals surface area contributed by atoms with Crippen LogP contribution in [-0.4, -0.2) is 9.13 Å². The zero-order chi connectivity index (χ0) is 30.6. The molecule has 0 bridgehead atoms. The summed E-state index contributed by atoms with van der Waals surface area (Å²) in [5, 5.41) is 4.93. The van der Waals surface area contributed by atoms with Gasteiger partial charge in [0, 0.05) is 38.5 Å². The Morgan fingerprint density at radius 3 is 1.43 bits per heavy atom. The van der Waals surface area contributed by atoms with E-state index in [1.165, 1.54) is 32.6 Å². The summed E-state index contributed by atoms with van der Waals surface area (Å²) >= 11 is 0. The zero-order valence-corrected chi connectivity index (χ0v) is 24.9. The normalized spacial score (nSPS) is 11.5. The van der Waals surface area contributed by atoms with Crippen LogP contribution in [0, 0.1) is 6.57 Å². The molecular weight excluding hydrogens is 558 g/mol. The van der Waals surface area contributed by atoms with E-state index in [4.69, 9.17) is 6.57 Å². The highest BCUT2D eigenvalue weighted by Crippen LogP contribution is 2.39. The van der Waals surface area contributed by atoms with E-state index in [0.717, 1.165) is 44.7 Å². The SMILES string of the molecule is [C-]#[N+]c1ccc(-c2ccc(-c3cccc(-n4c5ccccc5c5ccccc54)c3)cc2)c(-n2c3ccccc3c3ccccc32)c1. The molecule has 0 aliphatic carbocycles. The summed E-state index contributed by atoms with van der Waals surface area (Å²) in [6, 6.07) is 57.9. The van der Waals surface area contributed by atoms with Crippen LogP contribution in [0.3, 0.4) is 0 Å². The van der Waals surface area contributed by atoms with Gasteiger partial charge in [-0.2, -0.15) is 0 Å². The molecule has 0 atom stereocenters. The predicted octanol–water partition coefficient (Wildman–Crippen LogP) is 11.8. The summed E-state index contributed by atoms with van der Waals surface area (Å²) < 4.78 is 4.66. The first-order valence-corrected chi connectivity index (χ1v) is 15.5. The highest BCUT2D eigenvalue weighted by atomic mass is 15.0. The van der Waals surface area contributed by atoms with E-state index < -0.39 is 0 Å². The summed E-state index contributed by atoms with van der Waals surface area (Å²) in [6.45, 7) is 7.76. The highest BCUT2D eigenvalue weighted by Gasteiger charge is 2.17. The van der Waals surface area contributed by atoms with Crippen molar-refractivity contribution in [3.8, 4) is 33.6 Å². The van der Waals surface area contributed by atoms with Crippen molar-refractivity contribution < 1.29 is 0 Å². The van der Waals surface area contributed by atoms with Crippen molar-refractivity contribution in [3.63, 3.8) is 0 Å². The lowest BCUT2D eigenvalue weighted by Gasteiger charge is -2.15. The molecule has 0 unspecified atom stereocenters. The van der Waals surface area contributed by atoms with Gasteiger partial charge in [-0.1, -0.05) is 121 Å². The fourth-order valence-corrected chi connectivity index (χ4v) is 7.07. The number of rotatable bonds is 4. The fraction of sp³-hybridized carbons (Fsp3) is 0. The maximum atomic E-state index is 7.76. The molecule has 9 rings (SSSR count). The maximum absolute atomic E-state index is 7.76. The van der Waals surface area contributed by atoms with Crippen molar-refractivity contribution in [3.05, 3.63) is 175 Å². The number of nitrogens with zero attached hydrogens (tertiary/aromatic N) is 3. The van der Waals surface area contributed by atoms with E-state index in [1.807, 2.05) is 12.1 Å². The topological polar surface area (TPSA) is 14.2 Å². The van der Waals surface area contributed by atoms with Gasteiger partial charge in [0.25, 0.3) is 0 Å². The standard InChI is InChI=1S/C43H27N3/c1-44-32-25-26-34(43(28-32)46-41-19-8-4-15-37(41)38-16-5-9-20-42(38)46)30-23-21-29(22-24-30)31-11-10-12-33(27-31)45-39-17-6-2-13-35(39)36-14-3-7-18-40(36)45/h2-28H. The first kappa shape index (κ1) is 26.1. The van der Waals surface area contributed by atoms with Crippen LogP contribution in [0.25, 0.3) is 82.1 Å². The number of fused-ring (bicyclic) bond motifs is 6. The molecule has 2 aromatic heterocycles. The summed E-state index contributed by atoms with van der Waals surface area (Å²) in [5.41, 5.74) is 12.0. The molecule has 2 heterocycles. The molecule has 3 heteroatoms. The summed E-state index contributed by atoms with van der Waals surface area (Å²) in [4.78, 5) is 3.79. The van der Waals surface area contributed by atoms with Crippen molar-refractivity contribution in [2.75, 3.05) is 0 Å². The average molecular weight is 586 g/mol. The molecule has 0 aliphatic heterocycles. The Morgan fingerprint density at radius 2 is 0.891 bits per heavy atom. The van der Waals surface area contributed by atoms with Crippen LogP contribution in [-0.2, 0) is 0 Å². The summed E-state index contributed by atoms with van der Waals surface area (Å²) in [5.74, 6) is 0. The van der Waals surface area contributed by atoms with Gasteiger partial charge < -0.3 is 9.13 Å². The van der Waals surface area contributed by atoms with Gasteiger partial charge in [0.1, 0.15) is 0 Å². The van der Waals surface area contributed by atoms with Crippen LogP contribution in [0.4, 0.5) is 5.69 Å². The minimum Gasteiger partial charge on any atom is -0.310 e. The molecule has 7 aromatic carbocycles. The number of aromatic nitrogens is 2. The van der Waals surface area contributed by atoms with Gasteiger partial charge in [-0.15, -0.1) is 0 Å². The van der Waals surface area contributed by atoms with Crippen LogP contribution in [0.1, 0.15) is 0 Å². The van der Waals surface area contributed by atoms with Gasteiger partial charge in [-0.25, -0.2) is 4.85 Å². The Kier molecular flexibility index (Phi) is 5.88. The van der Waals surface area contributed by atoms with Crippen molar-refractivity contribution in [2.24, 2.45) is 0 Å². The van der Waals surface area contributed by atoms with Gasteiger partial charge in [0.05, 0.1) is 28.6 Å². The van der Waals surface area contributed by atoms with Crippen molar-refractivity contribution in [1.82, 2.24) is 9.13 Å². The second-order valence-electron chi connectivity index (χ2n) is 11.7. The molecule has 0 spiro atoms. The Balaban J connectivity index is 1.16. The molecule has 0 fully saturated rings. The third kappa shape index (κ3) is 3.98. The van der Waals surface area contributed by atoms with Crippen LogP contribution in [0.15, 0.2) is 164 Å². The van der Waals surface area contributed by atoms with Crippen molar-refractivity contribution >= 4 is 49.3 Å². The van der Waals surface area contributed by atoms with Gasteiger partial charge >= 0.3 is 0 Å². The van der Waals surface area contributed by atoms with E-state index >= 15 is 0 Å². The fourth-order valence-electron chi connectivity index (χ4n) is 7.07. The van der Waals surface area contributed by atoms with Gasteiger partial charge in [-0.05, 0) is 59.2 Å². The molecule has 0 aliphatic rings. The van der Waals surface area contributed by atoms with E-state index in [9.17, 15) is 0 Å². The lowest BCUT2D eigenvalue weighted by Crippen LogP contribution is -1.97. The molecule has 0 radical (unpaired) electrons. The lowest BCUT2D eigenvalue weighted by molar-refractivity contribution is 1.18. The Labute approximate surface area is 266 Å². The monoisotopic (exact) mass is 585 g/mol. The largest absolute Gasteiger partial charge is 0.310 e. The minimum absolute atomic E-state index is 0.624. The van der Waals surface area contributed by atoms with E-state index in [-0.39, 0.29) is 0 Å². The minimum atomic E-state index is 0.624. The predicted molar refractivity (Wildman–Crippen MR) is 192 cm³/mol. The van der Waals surface area contributed by atoms with E-state index in [0.29, 0.717) is 5.69 Å². The van der Waals surface area contributed by atoms with Crippen LogP contribution in [0.2, 0.25) is 0 Å². The smallest absolute Gasteiger partial charge is 0.189 e. The third-order valence-electron chi connectivity index (χ3n) is 9.15. The molecule has 0 amide bonds. The maximum Gasteiger partial charge on any atom is 0.189 e. The average Bonchev–Trinajstić information content (AvgIpc) is 3.65. The number of benzene rings is 7. The van der Waals surface area contributed by atoms with E-state index in [2.05, 4.69) is 166 Å². The summed E-state index contributed by atoms with van der Waals surface area (Å²) in [6.07, 6.45) is 0. The van der Waals surface area contributed by atoms with Crippen LogP contribution in [0.5, 0.6) is 0 Å². The molecule has 214 valence electrons. The van der Waals surface area contributed by atoms with Gasteiger partial charge in [0.2, 0.25) is 0 Å². The molecule has 0 N–H and O–H groups in total. The van der Waals surface area contributed by atoms with Crippen molar-refractivity contribution in [2.45, 2.75) is 0 Å². The second kappa shape index (κ2) is 10.4. The highest BCUT2D eigenvalue weighted by molar-refractivity contribution is 6.10. The second-order valence-corrected chi connectivity index (χ2v) is 11.7. The molecule has 0 saturated heterocycles. The number of hydrogen-bond donors (Lipinski definition) is 0. The van der Waals surface area contributed by atoms with Gasteiger partial charge in [-0.3, -0.25) is 0 Å². The molecule has 0 saturated carbocycles. The first-order valence-electron chi connectivity index (χ1n) is 15.5. The Bertz CT molecular complexity index is 2540. The van der Waals surface area contributed by atoms with Gasteiger partial charge in [0.15, 0.2) is 5.69 Å². The van der Waals surface area contributed by atoms with Crippen LogP contribution < -0.4 is 0 Å². The number of para-hydroxylation sites is 4. The molecule has 9 aromatic rings. The molecule has 46 heavy (non-hydrogen) atoms. The van der Waals surface area contributed by atoms with Crippen LogP contribution >= 0.6 is 0 Å². The zero-order valence-electron chi connectivity index (χ0n) is 24.9.